The summed E-state index contributed by atoms with van der Waals surface area (Å²) in [5.41, 5.74) is 0.434. The molecule has 7 nitrogen and oxygen atoms in total. The number of nitrogens with one attached hydrogen (secondary N) is 1. The van der Waals surface area contributed by atoms with Gasteiger partial charge >= 0.3 is 11.9 Å². The second-order valence-corrected chi connectivity index (χ2v) is 4.95. The summed E-state index contributed by atoms with van der Waals surface area (Å²) in [5.74, 6) is -1.47. The van der Waals surface area contributed by atoms with E-state index in [1.807, 2.05) is 0 Å². The van der Waals surface area contributed by atoms with Crippen LogP contribution in [0.15, 0.2) is 30.0 Å². The van der Waals surface area contributed by atoms with Crippen LogP contribution in [0.1, 0.15) is 13.8 Å². The number of fused-ring (bicyclic) bond motifs is 1. The normalized spacial score (nSPS) is 18.9. The highest BCUT2D eigenvalue weighted by atomic mass is 16.7. The van der Waals surface area contributed by atoms with Gasteiger partial charge in [-0.3, -0.25) is 0 Å². The average Bonchev–Trinajstić information content (AvgIpc) is 2.83. The summed E-state index contributed by atoms with van der Waals surface area (Å²) < 4.78 is 20.4. The van der Waals surface area contributed by atoms with Crippen LogP contribution in [-0.2, 0) is 19.1 Å². The predicted molar refractivity (Wildman–Crippen MR) is 70.5 cm³/mol. The number of esters is 2. The lowest BCUT2D eigenvalue weighted by molar-refractivity contribution is -0.222. The molecule has 2 heterocycles. The van der Waals surface area contributed by atoms with E-state index in [1.54, 1.807) is 18.2 Å². The molecule has 21 heavy (non-hydrogen) atoms. The second kappa shape index (κ2) is 4.69. The minimum Gasteiger partial charge on any atom is -0.454 e. The minimum absolute atomic E-state index is 0.174. The Kier molecular flexibility index (Phi) is 2.97. The van der Waals surface area contributed by atoms with Crippen LogP contribution in [0.25, 0.3) is 0 Å². The number of carbonyl (C=O) groups is 2. The maximum atomic E-state index is 11.8. The molecule has 0 radical (unpaired) electrons. The van der Waals surface area contributed by atoms with E-state index in [0.29, 0.717) is 17.2 Å². The van der Waals surface area contributed by atoms with E-state index in [-0.39, 0.29) is 12.4 Å². The first-order valence-corrected chi connectivity index (χ1v) is 6.28. The summed E-state index contributed by atoms with van der Waals surface area (Å²) in [5, 5.41) is 2.83. The molecule has 0 amide bonds. The van der Waals surface area contributed by atoms with E-state index in [4.69, 9.17) is 18.9 Å². The fourth-order valence-electron chi connectivity index (χ4n) is 1.92. The van der Waals surface area contributed by atoms with Crippen molar-refractivity contribution in [2.45, 2.75) is 19.6 Å². The van der Waals surface area contributed by atoms with Gasteiger partial charge in [0.15, 0.2) is 17.1 Å². The van der Waals surface area contributed by atoms with Crippen LogP contribution in [0, 0.1) is 0 Å². The molecule has 1 aromatic rings. The maximum Gasteiger partial charge on any atom is 0.350 e. The van der Waals surface area contributed by atoms with E-state index < -0.39 is 17.7 Å². The zero-order chi connectivity index (χ0) is 15.0. The first kappa shape index (κ1) is 13.3. The first-order chi connectivity index (χ1) is 9.94. The van der Waals surface area contributed by atoms with Crippen LogP contribution < -0.4 is 14.8 Å². The summed E-state index contributed by atoms with van der Waals surface area (Å²) >= 11 is 0. The number of rotatable bonds is 2. The van der Waals surface area contributed by atoms with Crippen molar-refractivity contribution in [3.63, 3.8) is 0 Å². The smallest absolute Gasteiger partial charge is 0.350 e. The van der Waals surface area contributed by atoms with Crippen LogP contribution in [0.5, 0.6) is 11.5 Å². The molecular weight excluding hydrogens is 278 g/mol. The van der Waals surface area contributed by atoms with Crippen LogP contribution in [-0.4, -0.2) is 24.5 Å². The molecule has 0 aliphatic carbocycles. The lowest BCUT2D eigenvalue weighted by Crippen LogP contribution is -2.42. The van der Waals surface area contributed by atoms with E-state index >= 15 is 0 Å². The highest BCUT2D eigenvalue weighted by molar-refractivity contribution is 6.15. The summed E-state index contributed by atoms with van der Waals surface area (Å²) in [7, 11) is 0. The SMILES string of the molecule is CC1(C)OC(=O)C(=CNc2ccc3c(c2)OCO3)C(=O)O1. The first-order valence-electron chi connectivity index (χ1n) is 6.28. The molecule has 1 N–H and O–H groups in total. The Morgan fingerprint density at radius 2 is 1.76 bits per heavy atom. The van der Waals surface area contributed by atoms with Crippen LogP contribution in [0.2, 0.25) is 0 Å². The van der Waals surface area contributed by atoms with Crippen molar-refractivity contribution >= 4 is 17.6 Å². The van der Waals surface area contributed by atoms with E-state index in [9.17, 15) is 9.59 Å². The Bertz CT molecular complexity index is 627. The molecule has 2 aliphatic heterocycles. The lowest BCUT2D eigenvalue weighted by atomic mass is 10.2. The highest BCUT2D eigenvalue weighted by Gasteiger charge is 2.38. The predicted octanol–water partition coefficient (Wildman–Crippen LogP) is 1.55. The summed E-state index contributed by atoms with van der Waals surface area (Å²) in [4.78, 5) is 23.5. The summed E-state index contributed by atoms with van der Waals surface area (Å²) in [6, 6.07) is 5.15. The molecule has 2 aliphatic rings. The molecular formula is C14H13NO6. The van der Waals surface area contributed by atoms with E-state index in [1.165, 1.54) is 20.0 Å². The van der Waals surface area contributed by atoms with Crippen molar-refractivity contribution in [2.75, 3.05) is 12.1 Å². The van der Waals surface area contributed by atoms with Gasteiger partial charge in [-0.05, 0) is 12.1 Å². The Labute approximate surface area is 120 Å². The number of cyclic esters (lactones) is 2. The number of hydrogen-bond acceptors (Lipinski definition) is 7. The average molecular weight is 291 g/mol. The number of ether oxygens (including phenoxy) is 4. The maximum absolute atomic E-state index is 11.8. The van der Waals surface area contributed by atoms with Crippen molar-refractivity contribution in [1.82, 2.24) is 0 Å². The van der Waals surface area contributed by atoms with Crippen LogP contribution in [0.3, 0.4) is 0 Å². The van der Waals surface area contributed by atoms with Crippen molar-refractivity contribution in [3.05, 3.63) is 30.0 Å². The number of hydrogen-bond donors (Lipinski definition) is 1. The minimum atomic E-state index is -1.25. The van der Waals surface area contributed by atoms with Crippen molar-refractivity contribution < 1.29 is 28.5 Å². The van der Waals surface area contributed by atoms with Gasteiger partial charge in [-0.2, -0.15) is 0 Å². The number of benzene rings is 1. The van der Waals surface area contributed by atoms with Crippen molar-refractivity contribution in [2.24, 2.45) is 0 Å². The molecule has 0 aromatic heterocycles. The second-order valence-electron chi connectivity index (χ2n) is 4.95. The topological polar surface area (TPSA) is 83.1 Å². The Balaban J connectivity index is 1.77. The number of anilines is 1. The van der Waals surface area contributed by atoms with E-state index in [0.717, 1.165) is 0 Å². The number of carbonyl (C=O) groups excluding carboxylic acids is 2. The van der Waals surface area contributed by atoms with Gasteiger partial charge in [0.1, 0.15) is 0 Å². The van der Waals surface area contributed by atoms with Crippen LogP contribution in [0.4, 0.5) is 5.69 Å². The van der Waals surface area contributed by atoms with Gasteiger partial charge in [-0.15, -0.1) is 0 Å². The molecule has 7 heteroatoms. The zero-order valence-electron chi connectivity index (χ0n) is 11.5. The Morgan fingerprint density at radius 1 is 1.10 bits per heavy atom. The van der Waals surface area contributed by atoms with Gasteiger partial charge in [-0.1, -0.05) is 0 Å². The Hall–Kier alpha value is -2.70. The van der Waals surface area contributed by atoms with Crippen molar-refractivity contribution in [1.29, 1.82) is 0 Å². The molecule has 0 bridgehead atoms. The monoisotopic (exact) mass is 291 g/mol. The quantitative estimate of drug-likeness (QED) is 0.503. The summed E-state index contributed by atoms with van der Waals surface area (Å²) in [6.45, 7) is 3.16. The van der Waals surface area contributed by atoms with Gasteiger partial charge in [0.25, 0.3) is 5.79 Å². The molecule has 110 valence electrons. The highest BCUT2D eigenvalue weighted by Crippen LogP contribution is 2.34. The largest absolute Gasteiger partial charge is 0.454 e. The molecule has 1 fully saturated rings. The van der Waals surface area contributed by atoms with Crippen LogP contribution >= 0.6 is 0 Å². The van der Waals surface area contributed by atoms with E-state index in [2.05, 4.69) is 5.32 Å². The zero-order valence-corrected chi connectivity index (χ0v) is 11.5. The standard InChI is InChI=1S/C14H13NO6/c1-14(2)20-12(16)9(13(17)21-14)6-15-8-3-4-10-11(5-8)19-7-18-10/h3-6,15H,7H2,1-2H3. The van der Waals surface area contributed by atoms with Crippen molar-refractivity contribution in [3.8, 4) is 11.5 Å². The van der Waals surface area contributed by atoms with Gasteiger partial charge in [-0.25, -0.2) is 9.59 Å². The molecule has 0 spiro atoms. The third-order valence-corrected chi connectivity index (χ3v) is 2.87. The molecule has 0 atom stereocenters. The summed E-state index contributed by atoms with van der Waals surface area (Å²) in [6.07, 6.45) is 1.25. The molecule has 3 rings (SSSR count). The molecule has 1 saturated heterocycles. The molecule has 0 unspecified atom stereocenters. The third kappa shape index (κ3) is 2.62. The fourth-order valence-corrected chi connectivity index (χ4v) is 1.92. The Morgan fingerprint density at radius 3 is 2.48 bits per heavy atom. The fraction of sp³-hybridized carbons (Fsp3) is 0.286. The molecule has 1 aromatic carbocycles. The molecule has 0 saturated carbocycles. The third-order valence-electron chi connectivity index (χ3n) is 2.87. The van der Waals surface area contributed by atoms with Gasteiger partial charge in [0.2, 0.25) is 6.79 Å². The van der Waals surface area contributed by atoms with Gasteiger partial charge < -0.3 is 24.3 Å². The lowest BCUT2D eigenvalue weighted by Gasteiger charge is -2.29. The van der Waals surface area contributed by atoms with Gasteiger partial charge in [0, 0.05) is 31.8 Å². The van der Waals surface area contributed by atoms with Gasteiger partial charge in [0.05, 0.1) is 0 Å².